The highest BCUT2D eigenvalue weighted by Crippen LogP contribution is 2.23. The minimum Gasteiger partial charge on any atom is -0.378 e. The van der Waals surface area contributed by atoms with E-state index in [1.807, 2.05) is 31.2 Å². The van der Waals surface area contributed by atoms with Gasteiger partial charge in [-0.1, -0.05) is 29.8 Å². The zero-order valence-corrected chi connectivity index (χ0v) is 11.1. The molecule has 19 heavy (non-hydrogen) atoms. The Morgan fingerprint density at radius 2 is 1.89 bits per heavy atom. The average Bonchev–Trinajstić information content (AvgIpc) is 2.39. The van der Waals surface area contributed by atoms with Gasteiger partial charge in [0.25, 0.3) is 5.69 Å². The van der Waals surface area contributed by atoms with Crippen molar-refractivity contribution in [1.29, 1.82) is 0 Å². The summed E-state index contributed by atoms with van der Waals surface area (Å²) in [7, 11) is 0. The summed E-state index contributed by atoms with van der Waals surface area (Å²) < 4.78 is 0. The van der Waals surface area contributed by atoms with Gasteiger partial charge in [0.15, 0.2) is 0 Å². The van der Waals surface area contributed by atoms with E-state index in [9.17, 15) is 10.1 Å². The summed E-state index contributed by atoms with van der Waals surface area (Å²) in [5.41, 5.74) is 1.99. The third-order valence-corrected chi connectivity index (χ3v) is 3.05. The van der Waals surface area contributed by atoms with Gasteiger partial charge in [-0.15, -0.1) is 0 Å². The molecule has 1 unspecified atom stereocenters. The van der Waals surface area contributed by atoms with E-state index in [-0.39, 0.29) is 11.7 Å². The number of hydrogen-bond donors (Lipinski definition) is 1. The Hall–Kier alpha value is -2.07. The Labute approximate surface area is 116 Å². The number of nitro benzene ring substituents is 1. The van der Waals surface area contributed by atoms with Gasteiger partial charge in [0.05, 0.1) is 4.92 Å². The summed E-state index contributed by atoms with van der Waals surface area (Å²) in [6.45, 7) is 1.99. The van der Waals surface area contributed by atoms with Crippen LogP contribution in [0.25, 0.3) is 0 Å². The van der Waals surface area contributed by atoms with Crippen molar-refractivity contribution >= 4 is 23.0 Å². The van der Waals surface area contributed by atoms with E-state index in [4.69, 9.17) is 11.6 Å². The molecule has 0 amide bonds. The fourth-order valence-electron chi connectivity index (χ4n) is 1.80. The molecule has 5 heteroatoms. The van der Waals surface area contributed by atoms with Crippen molar-refractivity contribution < 1.29 is 4.92 Å². The first kappa shape index (κ1) is 13.4. The van der Waals surface area contributed by atoms with Crippen LogP contribution in [0.15, 0.2) is 48.5 Å². The zero-order valence-electron chi connectivity index (χ0n) is 10.3. The molecule has 2 aromatic carbocycles. The van der Waals surface area contributed by atoms with Crippen LogP contribution in [0.4, 0.5) is 11.4 Å². The maximum Gasteiger partial charge on any atom is 0.269 e. The Bertz CT molecular complexity index is 584. The molecule has 1 atom stereocenters. The number of nitro groups is 1. The Morgan fingerprint density at radius 1 is 1.21 bits per heavy atom. The molecule has 0 radical (unpaired) electrons. The summed E-state index contributed by atoms with van der Waals surface area (Å²) in [6.07, 6.45) is 0. The first-order valence-corrected chi connectivity index (χ1v) is 6.20. The fraction of sp³-hybridized carbons (Fsp3) is 0.143. The normalized spacial score (nSPS) is 11.9. The van der Waals surface area contributed by atoms with Crippen molar-refractivity contribution in [3.63, 3.8) is 0 Å². The summed E-state index contributed by atoms with van der Waals surface area (Å²) in [6, 6.07) is 14.0. The molecule has 0 aliphatic heterocycles. The van der Waals surface area contributed by atoms with Crippen LogP contribution >= 0.6 is 11.6 Å². The van der Waals surface area contributed by atoms with Gasteiger partial charge in [-0.3, -0.25) is 10.1 Å². The summed E-state index contributed by atoms with van der Waals surface area (Å²) >= 11 is 5.91. The smallest absolute Gasteiger partial charge is 0.269 e. The monoisotopic (exact) mass is 276 g/mol. The highest BCUT2D eigenvalue weighted by Gasteiger charge is 2.09. The van der Waals surface area contributed by atoms with E-state index >= 15 is 0 Å². The Kier molecular flexibility index (Phi) is 4.02. The second-order valence-electron chi connectivity index (χ2n) is 4.23. The SMILES string of the molecule is CC(Nc1cccc(Cl)c1)c1ccc([N+](=O)[O-])cc1. The van der Waals surface area contributed by atoms with Crippen LogP contribution in [0.1, 0.15) is 18.5 Å². The van der Waals surface area contributed by atoms with Crippen molar-refractivity contribution in [2.75, 3.05) is 5.32 Å². The van der Waals surface area contributed by atoms with Gasteiger partial charge in [-0.2, -0.15) is 0 Å². The Morgan fingerprint density at radius 3 is 2.47 bits per heavy atom. The van der Waals surface area contributed by atoms with E-state index < -0.39 is 4.92 Å². The number of nitrogens with one attached hydrogen (secondary N) is 1. The summed E-state index contributed by atoms with van der Waals surface area (Å²) in [4.78, 5) is 10.2. The molecule has 0 fully saturated rings. The molecule has 0 aliphatic rings. The van der Waals surface area contributed by atoms with Crippen molar-refractivity contribution in [2.24, 2.45) is 0 Å². The fourth-order valence-corrected chi connectivity index (χ4v) is 1.99. The average molecular weight is 277 g/mol. The third kappa shape index (κ3) is 3.45. The van der Waals surface area contributed by atoms with E-state index in [1.54, 1.807) is 12.1 Å². The maximum atomic E-state index is 10.6. The number of rotatable bonds is 4. The van der Waals surface area contributed by atoms with Gasteiger partial charge in [-0.05, 0) is 30.7 Å². The number of benzene rings is 2. The van der Waals surface area contributed by atoms with Crippen LogP contribution in [0.3, 0.4) is 0 Å². The minimum atomic E-state index is -0.404. The molecule has 0 aromatic heterocycles. The van der Waals surface area contributed by atoms with Crippen LogP contribution in [0.5, 0.6) is 0 Å². The largest absolute Gasteiger partial charge is 0.378 e. The molecule has 0 saturated heterocycles. The highest BCUT2D eigenvalue weighted by atomic mass is 35.5. The number of nitrogens with zero attached hydrogens (tertiary/aromatic N) is 1. The molecule has 0 bridgehead atoms. The van der Waals surface area contributed by atoms with Gasteiger partial charge in [0.2, 0.25) is 0 Å². The third-order valence-electron chi connectivity index (χ3n) is 2.81. The van der Waals surface area contributed by atoms with Crippen molar-refractivity contribution in [3.8, 4) is 0 Å². The van der Waals surface area contributed by atoms with Crippen LogP contribution in [-0.4, -0.2) is 4.92 Å². The van der Waals surface area contributed by atoms with Crippen molar-refractivity contribution in [1.82, 2.24) is 0 Å². The molecular formula is C14H13ClN2O2. The van der Waals surface area contributed by atoms with Crippen LogP contribution in [0, 0.1) is 10.1 Å². The second kappa shape index (κ2) is 5.71. The lowest BCUT2D eigenvalue weighted by Gasteiger charge is -2.15. The van der Waals surface area contributed by atoms with E-state index in [2.05, 4.69) is 5.32 Å². The lowest BCUT2D eigenvalue weighted by molar-refractivity contribution is -0.384. The molecule has 0 aliphatic carbocycles. The molecule has 0 spiro atoms. The molecule has 2 aromatic rings. The first-order valence-electron chi connectivity index (χ1n) is 5.83. The van der Waals surface area contributed by atoms with E-state index in [1.165, 1.54) is 12.1 Å². The predicted octanol–water partition coefficient (Wildman–Crippen LogP) is 4.42. The quantitative estimate of drug-likeness (QED) is 0.664. The molecule has 4 nitrogen and oxygen atoms in total. The topological polar surface area (TPSA) is 55.2 Å². The van der Waals surface area contributed by atoms with Crippen LogP contribution in [0.2, 0.25) is 5.02 Å². The number of anilines is 1. The molecule has 2 rings (SSSR count). The van der Waals surface area contributed by atoms with Gasteiger partial charge in [-0.25, -0.2) is 0 Å². The van der Waals surface area contributed by atoms with Crippen molar-refractivity contribution in [2.45, 2.75) is 13.0 Å². The van der Waals surface area contributed by atoms with Crippen LogP contribution < -0.4 is 5.32 Å². The van der Waals surface area contributed by atoms with Gasteiger partial charge in [0.1, 0.15) is 0 Å². The predicted molar refractivity (Wildman–Crippen MR) is 76.6 cm³/mol. The van der Waals surface area contributed by atoms with E-state index in [0.29, 0.717) is 5.02 Å². The van der Waals surface area contributed by atoms with Crippen LogP contribution in [-0.2, 0) is 0 Å². The first-order chi connectivity index (χ1) is 9.06. The molecule has 1 N–H and O–H groups in total. The molecule has 98 valence electrons. The lowest BCUT2D eigenvalue weighted by Crippen LogP contribution is -2.06. The Balaban J connectivity index is 2.11. The molecule has 0 heterocycles. The standard InChI is InChI=1S/C14H13ClN2O2/c1-10(16-13-4-2-3-12(15)9-13)11-5-7-14(8-6-11)17(18)19/h2-10,16H,1H3. The van der Waals surface area contributed by atoms with Gasteiger partial charge in [0, 0.05) is 28.9 Å². The van der Waals surface area contributed by atoms with Gasteiger partial charge < -0.3 is 5.32 Å². The lowest BCUT2D eigenvalue weighted by atomic mass is 10.1. The van der Waals surface area contributed by atoms with Crippen molar-refractivity contribution in [3.05, 3.63) is 69.2 Å². The van der Waals surface area contributed by atoms with Gasteiger partial charge >= 0.3 is 0 Å². The number of halogens is 1. The maximum absolute atomic E-state index is 10.6. The highest BCUT2D eigenvalue weighted by molar-refractivity contribution is 6.30. The second-order valence-corrected chi connectivity index (χ2v) is 4.66. The van der Waals surface area contributed by atoms with E-state index in [0.717, 1.165) is 11.3 Å². The molecule has 0 saturated carbocycles. The number of non-ortho nitro benzene ring substituents is 1. The minimum absolute atomic E-state index is 0.0410. The number of hydrogen-bond acceptors (Lipinski definition) is 3. The zero-order chi connectivity index (χ0) is 13.8. The summed E-state index contributed by atoms with van der Waals surface area (Å²) in [5, 5.41) is 14.5. The molecular weight excluding hydrogens is 264 g/mol. The summed E-state index contributed by atoms with van der Waals surface area (Å²) in [5.74, 6) is 0.